The van der Waals surface area contributed by atoms with Gasteiger partial charge in [-0.15, -0.1) is 24.0 Å². The van der Waals surface area contributed by atoms with E-state index in [0.717, 1.165) is 83.7 Å². The van der Waals surface area contributed by atoms with Crippen LogP contribution in [0.25, 0.3) is 0 Å². The molecule has 0 aliphatic carbocycles. The van der Waals surface area contributed by atoms with Crippen molar-refractivity contribution in [3.8, 4) is 0 Å². The predicted octanol–water partition coefficient (Wildman–Crippen LogP) is 2.61. The van der Waals surface area contributed by atoms with E-state index in [1.54, 1.807) is 0 Å². The minimum atomic E-state index is 0. The van der Waals surface area contributed by atoms with Gasteiger partial charge in [-0.25, -0.2) is 9.97 Å². The molecular formula is C22H42IN7O. The van der Waals surface area contributed by atoms with Crippen molar-refractivity contribution in [3.63, 3.8) is 0 Å². The summed E-state index contributed by atoms with van der Waals surface area (Å²) in [5.74, 6) is 2.27. The second kappa shape index (κ2) is 16.4. The maximum absolute atomic E-state index is 5.83. The summed E-state index contributed by atoms with van der Waals surface area (Å²) in [6.07, 6.45) is 5.97. The summed E-state index contributed by atoms with van der Waals surface area (Å²) in [5.41, 5.74) is 0. The summed E-state index contributed by atoms with van der Waals surface area (Å²) < 4.78 is 5.83. The summed E-state index contributed by atoms with van der Waals surface area (Å²) in [4.78, 5) is 18.2. The summed E-state index contributed by atoms with van der Waals surface area (Å²) in [6, 6.07) is 1.86. The maximum atomic E-state index is 5.83. The van der Waals surface area contributed by atoms with E-state index < -0.39 is 0 Å². The van der Waals surface area contributed by atoms with Gasteiger partial charge < -0.3 is 20.3 Å². The Balaban J connectivity index is 0.00000480. The Morgan fingerprint density at radius 2 is 1.84 bits per heavy atom. The third-order valence-electron chi connectivity index (χ3n) is 5.30. The first-order chi connectivity index (χ1) is 14.6. The van der Waals surface area contributed by atoms with Crippen LogP contribution in [0.2, 0.25) is 0 Å². The van der Waals surface area contributed by atoms with Crippen LogP contribution in [0.4, 0.5) is 5.95 Å². The molecule has 0 aromatic carbocycles. The van der Waals surface area contributed by atoms with Crippen molar-refractivity contribution in [3.05, 3.63) is 18.5 Å². The van der Waals surface area contributed by atoms with Crippen molar-refractivity contribution in [2.75, 3.05) is 63.9 Å². The van der Waals surface area contributed by atoms with Crippen LogP contribution < -0.4 is 15.5 Å². The van der Waals surface area contributed by atoms with Crippen LogP contribution in [0.1, 0.15) is 40.5 Å². The van der Waals surface area contributed by atoms with Gasteiger partial charge in [-0.05, 0) is 38.7 Å². The van der Waals surface area contributed by atoms with E-state index in [1.165, 1.54) is 0 Å². The molecule has 0 saturated carbocycles. The van der Waals surface area contributed by atoms with Gasteiger partial charge in [0.1, 0.15) is 0 Å². The van der Waals surface area contributed by atoms with Gasteiger partial charge >= 0.3 is 0 Å². The molecule has 2 rings (SSSR count). The maximum Gasteiger partial charge on any atom is 0.225 e. The standard InChI is InChI=1S/C22H41N7O.HI/c1-5-23-21(25-13-9-20(19(3)4)30-6-2)24-12-8-14-28-15-17-29(18-16-28)22-26-10-7-11-27-22;/h7,10-11,19-20H,5-6,8-9,12-18H2,1-4H3,(H2,23,24,25);1H. The number of anilines is 1. The lowest BCUT2D eigenvalue weighted by atomic mass is 10.0. The predicted molar refractivity (Wildman–Crippen MR) is 140 cm³/mol. The largest absolute Gasteiger partial charge is 0.378 e. The van der Waals surface area contributed by atoms with Crippen molar-refractivity contribution in [2.24, 2.45) is 10.9 Å². The number of hydrogen-bond acceptors (Lipinski definition) is 6. The minimum absolute atomic E-state index is 0. The van der Waals surface area contributed by atoms with Gasteiger partial charge in [0.2, 0.25) is 5.95 Å². The van der Waals surface area contributed by atoms with Gasteiger partial charge in [-0.3, -0.25) is 9.89 Å². The number of aliphatic imine (C=N–C) groups is 1. The monoisotopic (exact) mass is 547 g/mol. The summed E-state index contributed by atoms with van der Waals surface area (Å²) in [7, 11) is 0. The summed E-state index contributed by atoms with van der Waals surface area (Å²) in [5, 5.41) is 6.80. The minimum Gasteiger partial charge on any atom is -0.378 e. The molecule has 178 valence electrons. The van der Waals surface area contributed by atoms with Crippen molar-refractivity contribution < 1.29 is 4.74 Å². The molecule has 0 bridgehead atoms. The number of ether oxygens (including phenoxy) is 1. The quantitative estimate of drug-likeness (QED) is 0.180. The van der Waals surface area contributed by atoms with E-state index in [4.69, 9.17) is 9.73 Å². The lowest BCUT2D eigenvalue weighted by molar-refractivity contribution is 0.0258. The zero-order valence-corrected chi connectivity index (χ0v) is 22.0. The van der Waals surface area contributed by atoms with E-state index in [2.05, 4.69) is 58.1 Å². The Kier molecular flexibility index (Phi) is 14.8. The molecule has 0 amide bonds. The molecular weight excluding hydrogens is 505 g/mol. The fourth-order valence-electron chi connectivity index (χ4n) is 3.61. The first kappa shape index (κ1) is 27.8. The van der Waals surface area contributed by atoms with Crippen LogP contribution in [0.15, 0.2) is 23.5 Å². The second-order valence-corrected chi connectivity index (χ2v) is 7.94. The molecule has 1 aromatic rings. The molecule has 1 atom stereocenters. The molecule has 2 heterocycles. The first-order valence-electron chi connectivity index (χ1n) is 11.5. The van der Waals surface area contributed by atoms with Crippen molar-refractivity contribution >= 4 is 35.9 Å². The average Bonchev–Trinajstić information content (AvgIpc) is 2.77. The van der Waals surface area contributed by atoms with Gasteiger partial charge in [0.05, 0.1) is 6.10 Å². The van der Waals surface area contributed by atoms with E-state index in [1.807, 2.05) is 18.5 Å². The molecule has 1 aliphatic rings. The smallest absolute Gasteiger partial charge is 0.225 e. The molecule has 1 fully saturated rings. The van der Waals surface area contributed by atoms with Gasteiger partial charge in [-0.1, -0.05) is 13.8 Å². The van der Waals surface area contributed by atoms with E-state index >= 15 is 0 Å². The number of hydrogen-bond donors (Lipinski definition) is 2. The number of nitrogens with zero attached hydrogens (tertiary/aromatic N) is 5. The molecule has 9 heteroatoms. The Morgan fingerprint density at radius 1 is 1.13 bits per heavy atom. The van der Waals surface area contributed by atoms with Gasteiger partial charge in [0.15, 0.2) is 5.96 Å². The molecule has 8 nitrogen and oxygen atoms in total. The number of halogens is 1. The normalized spacial score (nSPS) is 16.2. The number of guanidine groups is 1. The van der Waals surface area contributed by atoms with Crippen molar-refractivity contribution in [1.29, 1.82) is 0 Å². The topological polar surface area (TPSA) is 77.9 Å². The molecule has 1 aromatic heterocycles. The van der Waals surface area contributed by atoms with Crippen LogP contribution in [-0.2, 0) is 4.74 Å². The SMILES string of the molecule is CCNC(=NCCCN1CCN(c2ncccn2)CC1)NCCC(OCC)C(C)C.I. The highest BCUT2D eigenvalue weighted by Crippen LogP contribution is 2.10. The zero-order valence-electron chi connectivity index (χ0n) is 19.7. The van der Waals surface area contributed by atoms with E-state index in [9.17, 15) is 0 Å². The van der Waals surface area contributed by atoms with Gasteiger partial charge in [-0.2, -0.15) is 0 Å². The number of aromatic nitrogens is 2. The highest BCUT2D eigenvalue weighted by molar-refractivity contribution is 14.0. The van der Waals surface area contributed by atoms with Crippen LogP contribution in [0.3, 0.4) is 0 Å². The molecule has 0 spiro atoms. The number of nitrogens with one attached hydrogen (secondary N) is 2. The highest BCUT2D eigenvalue weighted by atomic mass is 127. The Hall–Kier alpha value is -1.20. The van der Waals surface area contributed by atoms with Gasteiger partial charge in [0.25, 0.3) is 0 Å². The van der Waals surface area contributed by atoms with Crippen LogP contribution in [0.5, 0.6) is 0 Å². The van der Waals surface area contributed by atoms with Crippen molar-refractivity contribution in [2.45, 2.75) is 46.6 Å². The number of rotatable bonds is 12. The highest BCUT2D eigenvalue weighted by Gasteiger charge is 2.18. The third kappa shape index (κ3) is 10.8. The second-order valence-electron chi connectivity index (χ2n) is 7.94. The fraction of sp³-hybridized carbons (Fsp3) is 0.773. The van der Waals surface area contributed by atoms with E-state index in [0.29, 0.717) is 12.0 Å². The van der Waals surface area contributed by atoms with Crippen molar-refractivity contribution in [1.82, 2.24) is 25.5 Å². The lowest BCUT2D eigenvalue weighted by Crippen LogP contribution is -2.47. The Labute approximate surface area is 205 Å². The van der Waals surface area contributed by atoms with Crippen LogP contribution in [0, 0.1) is 5.92 Å². The average molecular weight is 548 g/mol. The zero-order chi connectivity index (χ0) is 21.6. The van der Waals surface area contributed by atoms with E-state index in [-0.39, 0.29) is 24.0 Å². The fourth-order valence-corrected chi connectivity index (χ4v) is 3.61. The summed E-state index contributed by atoms with van der Waals surface area (Å²) >= 11 is 0. The van der Waals surface area contributed by atoms with Crippen LogP contribution in [-0.4, -0.2) is 85.9 Å². The lowest BCUT2D eigenvalue weighted by Gasteiger charge is -2.34. The molecule has 31 heavy (non-hydrogen) atoms. The third-order valence-corrected chi connectivity index (χ3v) is 5.30. The number of piperazine rings is 1. The van der Waals surface area contributed by atoms with Crippen LogP contribution >= 0.6 is 24.0 Å². The first-order valence-corrected chi connectivity index (χ1v) is 11.5. The Morgan fingerprint density at radius 3 is 2.45 bits per heavy atom. The Bertz CT molecular complexity index is 595. The summed E-state index contributed by atoms with van der Waals surface area (Å²) in [6.45, 7) is 17.1. The van der Waals surface area contributed by atoms with Gasteiger partial charge in [0, 0.05) is 71.4 Å². The molecule has 2 N–H and O–H groups in total. The molecule has 1 saturated heterocycles. The molecule has 1 aliphatic heterocycles. The molecule has 0 radical (unpaired) electrons. The molecule has 1 unspecified atom stereocenters.